The molecule has 0 aliphatic carbocycles. The summed E-state index contributed by atoms with van der Waals surface area (Å²) in [6, 6.07) is 7.43. The minimum Gasteiger partial charge on any atom is -0.375 e. The number of imidazole rings is 1. The fraction of sp³-hybridized carbons (Fsp3) is 0.550. The predicted octanol–water partition coefficient (Wildman–Crippen LogP) is 2.26. The molecule has 1 aromatic heterocycles. The number of rotatable bonds is 6. The summed E-state index contributed by atoms with van der Waals surface area (Å²) in [6.45, 7) is 3.75. The van der Waals surface area contributed by atoms with Crippen molar-refractivity contribution >= 4 is 22.8 Å². The summed E-state index contributed by atoms with van der Waals surface area (Å²) < 4.78 is 6.82. The number of benzene rings is 1. The number of likely N-dealkylation sites (tertiary alicyclic amines) is 1. The Bertz CT molecular complexity index is 794. The fourth-order valence-corrected chi connectivity index (χ4v) is 3.63. The molecule has 146 valence electrons. The van der Waals surface area contributed by atoms with Crippen LogP contribution in [-0.2, 0) is 20.9 Å². The van der Waals surface area contributed by atoms with Crippen LogP contribution >= 0.6 is 0 Å². The van der Waals surface area contributed by atoms with Crippen molar-refractivity contribution in [2.24, 2.45) is 0 Å². The Morgan fingerprint density at radius 3 is 2.59 bits per heavy atom. The number of nitrogens with one attached hydrogen (secondary N) is 1. The average molecular weight is 372 g/mol. The van der Waals surface area contributed by atoms with Crippen molar-refractivity contribution in [2.45, 2.75) is 45.2 Å². The van der Waals surface area contributed by atoms with Crippen molar-refractivity contribution in [1.29, 1.82) is 0 Å². The van der Waals surface area contributed by atoms with Gasteiger partial charge in [0.2, 0.25) is 11.8 Å². The van der Waals surface area contributed by atoms with Gasteiger partial charge < -0.3 is 19.5 Å². The molecular weight excluding hydrogens is 344 g/mol. The minimum absolute atomic E-state index is 0.00270. The quantitative estimate of drug-likeness (QED) is 0.844. The van der Waals surface area contributed by atoms with Gasteiger partial charge in [0, 0.05) is 20.2 Å². The van der Waals surface area contributed by atoms with E-state index in [-0.39, 0.29) is 31.0 Å². The summed E-state index contributed by atoms with van der Waals surface area (Å²) in [5.74, 6) is 0.586. The van der Waals surface area contributed by atoms with E-state index >= 15 is 0 Å². The minimum atomic E-state index is -0.322. The molecule has 27 heavy (non-hydrogen) atoms. The van der Waals surface area contributed by atoms with Gasteiger partial charge in [0.1, 0.15) is 19.0 Å². The van der Waals surface area contributed by atoms with E-state index in [1.807, 2.05) is 40.7 Å². The molecule has 2 heterocycles. The van der Waals surface area contributed by atoms with Crippen LogP contribution in [0.1, 0.15) is 44.5 Å². The summed E-state index contributed by atoms with van der Waals surface area (Å²) in [5, 5.41) is 2.89. The first-order valence-electron chi connectivity index (χ1n) is 9.61. The molecule has 1 aliphatic rings. The van der Waals surface area contributed by atoms with E-state index < -0.39 is 0 Å². The highest BCUT2D eigenvalue weighted by atomic mass is 16.5. The lowest BCUT2D eigenvalue weighted by molar-refractivity contribution is -0.131. The predicted molar refractivity (Wildman–Crippen MR) is 103 cm³/mol. The van der Waals surface area contributed by atoms with Gasteiger partial charge in [-0.05, 0) is 31.9 Å². The number of methoxy groups -OCH3 is 1. The van der Waals surface area contributed by atoms with E-state index in [9.17, 15) is 9.59 Å². The molecule has 1 aliphatic heterocycles. The summed E-state index contributed by atoms with van der Waals surface area (Å²) in [6.07, 6.45) is 4.50. The van der Waals surface area contributed by atoms with Gasteiger partial charge in [-0.15, -0.1) is 0 Å². The van der Waals surface area contributed by atoms with Crippen LogP contribution in [0.2, 0.25) is 0 Å². The third-order valence-corrected chi connectivity index (χ3v) is 4.98. The molecule has 1 atom stereocenters. The Balaban J connectivity index is 1.85. The van der Waals surface area contributed by atoms with Crippen molar-refractivity contribution in [3.63, 3.8) is 0 Å². The lowest BCUT2D eigenvalue weighted by Gasteiger charge is -2.22. The van der Waals surface area contributed by atoms with Crippen LogP contribution in [0.3, 0.4) is 0 Å². The van der Waals surface area contributed by atoms with Gasteiger partial charge in [-0.3, -0.25) is 9.59 Å². The van der Waals surface area contributed by atoms with Crippen LogP contribution in [0.15, 0.2) is 24.3 Å². The number of ether oxygens (including phenoxy) is 1. The van der Waals surface area contributed by atoms with Crippen molar-refractivity contribution in [1.82, 2.24) is 19.8 Å². The Morgan fingerprint density at radius 2 is 1.89 bits per heavy atom. The zero-order chi connectivity index (χ0) is 19.2. The lowest BCUT2D eigenvalue weighted by Crippen LogP contribution is -2.36. The maximum absolute atomic E-state index is 12.9. The molecule has 2 amide bonds. The molecule has 0 spiro atoms. The first kappa shape index (κ1) is 19.4. The molecular formula is C20H28N4O3. The third kappa shape index (κ3) is 4.66. The third-order valence-electron chi connectivity index (χ3n) is 4.98. The number of nitrogens with zero attached hydrogens (tertiary/aromatic N) is 3. The fourth-order valence-electron chi connectivity index (χ4n) is 3.63. The van der Waals surface area contributed by atoms with E-state index in [1.54, 1.807) is 0 Å². The van der Waals surface area contributed by atoms with E-state index in [1.165, 1.54) is 20.0 Å². The first-order valence-corrected chi connectivity index (χ1v) is 9.61. The molecule has 1 saturated heterocycles. The summed E-state index contributed by atoms with van der Waals surface area (Å²) in [7, 11) is 1.49. The zero-order valence-electron chi connectivity index (χ0n) is 16.1. The second-order valence-corrected chi connectivity index (χ2v) is 7.06. The van der Waals surface area contributed by atoms with Crippen molar-refractivity contribution < 1.29 is 14.3 Å². The molecule has 2 aromatic rings. The Kier molecular flexibility index (Phi) is 6.45. The number of carbonyl (C=O) groups is 2. The second kappa shape index (κ2) is 8.99. The average Bonchev–Trinajstić information content (AvgIpc) is 2.82. The van der Waals surface area contributed by atoms with Gasteiger partial charge in [-0.1, -0.05) is 25.0 Å². The van der Waals surface area contributed by atoms with Crippen LogP contribution in [0, 0.1) is 0 Å². The molecule has 3 rings (SSSR count). The number of carbonyl (C=O) groups excluding carboxylic acids is 2. The van der Waals surface area contributed by atoms with Crippen LogP contribution in [0.4, 0.5) is 0 Å². The molecule has 0 saturated carbocycles. The Labute approximate surface area is 159 Å². The first-order chi connectivity index (χ1) is 13.1. The van der Waals surface area contributed by atoms with E-state index in [0.29, 0.717) is 5.82 Å². The number of fused-ring (bicyclic) bond motifs is 1. The van der Waals surface area contributed by atoms with E-state index in [0.717, 1.165) is 37.0 Å². The summed E-state index contributed by atoms with van der Waals surface area (Å²) in [5.41, 5.74) is 1.73. The van der Waals surface area contributed by atoms with Crippen LogP contribution < -0.4 is 5.32 Å². The Hall–Kier alpha value is -2.41. The standard InChI is InChI=1S/C20H28N4O3/c1-15(21-18(25)14-27-2)20-22-16-9-5-6-10-17(16)24(20)13-19(26)23-11-7-3-4-8-12-23/h5-6,9-10,15H,3-4,7-8,11-14H2,1-2H3,(H,21,25). The van der Waals surface area contributed by atoms with Crippen molar-refractivity contribution in [2.75, 3.05) is 26.8 Å². The van der Waals surface area contributed by atoms with Crippen molar-refractivity contribution in [3.8, 4) is 0 Å². The van der Waals surface area contributed by atoms with E-state index in [4.69, 9.17) is 4.74 Å². The zero-order valence-corrected chi connectivity index (χ0v) is 16.1. The number of hydrogen-bond acceptors (Lipinski definition) is 4. The Morgan fingerprint density at radius 1 is 1.19 bits per heavy atom. The monoisotopic (exact) mass is 372 g/mol. The molecule has 0 radical (unpaired) electrons. The smallest absolute Gasteiger partial charge is 0.246 e. The van der Waals surface area contributed by atoms with Crippen LogP contribution in [0.25, 0.3) is 11.0 Å². The molecule has 1 aromatic carbocycles. The number of para-hydroxylation sites is 2. The topological polar surface area (TPSA) is 76.5 Å². The molecule has 1 N–H and O–H groups in total. The van der Waals surface area contributed by atoms with Gasteiger partial charge in [0.25, 0.3) is 0 Å². The maximum Gasteiger partial charge on any atom is 0.246 e. The normalized spacial score (nSPS) is 16.1. The van der Waals surface area contributed by atoms with Crippen LogP contribution in [-0.4, -0.2) is 53.1 Å². The maximum atomic E-state index is 12.9. The summed E-state index contributed by atoms with van der Waals surface area (Å²) in [4.78, 5) is 31.5. The number of hydrogen-bond donors (Lipinski definition) is 1. The van der Waals surface area contributed by atoms with Gasteiger partial charge in [-0.25, -0.2) is 4.98 Å². The molecule has 1 unspecified atom stereocenters. The van der Waals surface area contributed by atoms with Gasteiger partial charge >= 0.3 is 0 Å². The molecule has 7 heteroatoms. The van der Waals surface area contributed by atoms with Crippen molar-refractivity contribution in [3.05, 3.63) is 30.1 Å². The highest BCUT2D eigenvalue weighted by molar-refractivity contribution is 5.82. The largest absolute Gasteiger partial charge is 0.375 e. The van der Waals surface area contributed by atoms with Gasteiger partial charge in [0.05, 0.1) is 17.1 Å². The van der Waals surface area contributed by atoms with E-state index in [2.05, 4.69) is 10.3 Å². The van der Waals surface area contributed by atoms with Gasteiger partial charge in [-0.2, -0.15) is 0 Å². The highest BCUT2D eigenvalue weighted by Gasteiger charge is 2.22. The second-order valence-electron chi connectivity index (χ2n) is 7.06. The number of amides is 2. The lowest BCUT2D eigenvalue weighted by atomic mass is 10.2. The molecule has 7 nitrogen and oxygen atoms in total. The van der Waals surface area contributed by atoms with Gasteiger partial charge in [0.15, 0.2) is 0 Å². The SMILES string of the molecule is COCC(=O)NC(C)c1nc2ccccc2n1CC(=O)N1CCCCCC1. The summed E-state index contributed by atoms with van der Waals surface area (Å²) >= 11 is 0. The highest BCUT2D eigenvalue weighted by Crippen LogP contribution is 2.21. The van der Waals surface area contributed by atoms with Crippen LogP contribution in [0.5, 0.6) is 0 Å². The number of aromatic nitrogens is 2. The molecule has 1 fully saturated rings. The molecule has 0 bridgehead atoms.